The fraction of sp³-hybridized carbons (Fsp3) is 0.545. The van der Waals surface area contributed by atoms with Gasteiger partial charge in [0, 0.05) is 12.1 Å². The van der Waals surface area contributed by atoms with Crippen LogP contribution < -0.4 is 0 Å². The average molecular weight is 203 g/mol. The Balaban J connectivity index is 2.28. The van der Waals surface area contributed by atoms with Gasteiger partial charge in [-0.2, -0.15) is 10.4 Å². The molecule has 15 heavy (non-hydrogen) atoms. The smallest absolute Gasteiger partial charge is 0.166 e. The summed E-state index contributed by atoms with van der Waals surface area (Å²) in [4.78, 5) is 11.7. The van der Waals surface area contributed by atoms with Crippen molar-refractivity contribution >= 4 is 5.78 Å². The number of rotatable bonds is 2. The van der Waals surface area contributed by atoms with E-state index >= 15 is 0 Å². The minimum Gasteiger partial charge on any atom is -0.294 e. The monoisotopic (exact) mass is 203 g/mol. The largest absolute Gasteiger partial charge is 0.294 e. The molecule has 4 nitrogen and oxygen atoms in total. The highest BCUT2D eigenvalue weighted by atomic mass is 16.1. The minimum absolute atomic E-state index is 0.200. The first-order valence-corrected chi connectivity index (χ1v) is 5.28. The number of Topliss-reactive ketones (excluding diaryl/α,β-unsaturated/α-hetero) is 1. The molecular weight excluding hydrogens is 190 g/mol. The van der Waals surface area contributed by atoms with E-state index in [4.69, 9.17) is 5.26 Å². The van der Waals surface area contributed by atoms with Crippen LogP contribution in [0.25, 0.3) is 0 Å². The van der Waals surface area contributed by atoms with Crippen LogP contribution in [0.5, 0.6) is 0 Å². The molecule has 0 atom stereocenters. The second-order valence-corrected chi connectivity index (χ2v) is 3.77. The summed E-state index contributed by atoms with van der Waals surface area (Å²) in [7, 11) is 0. The van der Waals surface area contributed by atoms with Crippen LogP contribution in [0.1, 0.15) is 41.7 Å². The lowest BCUT2D eigenvalue weighted by Gasteiger charge is -2.04. The first kappa shape index (κ1) is 9.91. The lowest BCUT2D eigenvalue weighted by atomic mass is 10.1. The van der Waals surface area contributed by atoms with Crippen molar-refractivity contribution in [3.05, 3.63) is 17.5 Å². The SMILES string of the molecule is N#CCCn1ncc2c1CCCCC2=O. The predicted molar refractivity (Wildman–Crippen MR) is 54.3 cm³/mol. The Morgan fingerprint density at radius 1 is 1.47 bits per heavy atom. The van der Waals surface area contributed by atoms with Crippen molar-refractivity contribution in [1.29, 1.82) is 5.26 Å². The Kier molecular flexibility index (Phi) is 2.82. The molecule has 0 unspecified atom stereocenters. The van der Waals surface area contributed by atoms with E-state index in [9.17, 15) is 4.79 Å². The Bertz CT molecular complexity index is 414. The number of nitriles is 1. The summed E-state index contributed by atoms with van der Waals surface area (Å²) in [6, 6.07) is 2.09. The van der Waals surface area contributed by atoms with Crippen LogP contribution in [0, 0.1) is 11.3 Å². The Labute approximate surface area is 88.5 Å². The van der Waals surface area contributed by atoms with Crippen LogP contribution in [0.2, 0.25) is 0 Å². The molecular formula is C11H13N3O. The van der Waals surface area contributed by atoms with Crippen molar-refractivity contribution in [2.24, 2.45) is 0 Å². The van der Waals surface area contributed by atoms with E-state index in [0.717, 1.165) is 30.5 Å². The van der Waals surface area contributed by atoms with Gasteiger partial charge in [0.05, 0.1) is 30.8 Å². The Morgan fingerprint density at radius 3 is 3.07 bits per heavy atom. The fourth-order valence-corrected chi connectivity index (χ4v) is 1.97. The number of carbonyl (C=O) groups is 1. The van der Waals surface area contributed by atoms with E-state index in [1.807, 2.05) is 4.68 Å². The molecule has 0 radical (unpaired) electrons. The van der Waals surface area contributed by atoms with E-state index in [1.54, 1.807) is 6.20 Å². The molecule has 0 amide bonds. The molecule has 0 saturated carbocycles. The Hall–Kier alpha value is -1.63. The quantitative estimate of drug-likeness (QED) is 0.687. The van der Waals surface area contributed by atoms with Gasteiger partial charge < -0.3 is 0 Å². The number of hydrogen-bond acceptors (Lipinski definition) is 3. The number of hydrogen-bond donors (Lipinski definition) is 0. The van der Waals surface area contributed by atoms with Crippen molar-refractivity contribution in [2.75, 3.05) is 0 Å². The van der Waals surface area contributed by atoms with Gasteiger partial charge in [-0.1, -0.05) is 0 Å². The molecule has 0 fully saturated rings. The van der Waals surface area contributed by atoms with Crippen molar-refractivity contribution in [2.45, 2.75) is 38.6 Å². The van der Waals surface area contributed by atoms with Crippen molar-refractivity contribution < 1.29 is 4.79 Å². The van der Waals surface area contributed by atoms with Crippen LogP contribution in [0.15, 0.2) is 6.20 Å². The standard InChI is InChI=1S/C11H13N3O/c12-6-3-7-14-10-4-1-2-5-11(15)9(10)8-13-14/h8H,1-5,7H2. The number of nitrogens with zero attached hydrogens (tertiary/aromatic N) is 3. The zero-order valence-corrected chi connectivity index (χ0v) is 8.57. The van der Waals surface area contributed by atoms with Crippen molar-refractivity contribution in [3.63, 3.8) is 0 Å². The molecule has 1 heterocycles. The van der Waals surface area contributed by atoms with Crippen LogP contribution in [-0.2, 0) is 13.0 Å². The summed E-state index contributed by atoms with van der Waals surface area (Å²) in [5, 5.41) is 12.7. The first-order valence-electron chi connectivity index (χ1n) is 5.28. The molecule has 1 aromatic rings. The van der Waals surface area contributed by atoms with Gasteiger partial charge in [0.2, 0.25) is 0 Å². The van der Waals surface area contributed by atoms with Crippen LogP contribution in [0.4, 0.5) is 0 Å². The molecule has 1 aliphatic carbocycles. The summed E-state index contributed by atoms with van der Waals surface area (Å²) in [6.45, 7) is 0.596. The van der Waals surface area contributed by atoms with E-state index < -0.39 is 0 Å². The predicted octanol–water partition coefficient (Wildman–Crippen LogP) is 1.71. The van der Waals surface area contributed by atoms with E-state index in [-0.39, 0.29) is 5.78 Å². The summed E-state index contributed by atoms with van der Waals surface area (Å²) in [5.74, 6) is 0.200. The second-order valence-electron chi connectivity index (χ2n) is 3.77. The van der Waals surface area contributed by atoms with Gasteiger partial charge >= 0.3 is 0 Å². The number of aromatic nitrogens is 2. The van der Waals surface area contributed by atoms with E-state index in [2.05, 4.69) is 11.2 Å². The summed E-state index contributed by atoms with van der Waals surface area (Å²) < 4.78 is 1.81. The summed E-state index contributed by atoms with van der Waals surface area (Å²) in [6.07, 6.45) is 5.65. The molecule has 0 bridgehead atoms. The van der Waals surface area contributed by atoms with Gasteiger partial charge in [-0.25, -0.2) is 0 Å². The number of carbonyl (C=O) groups excluding carboxylic acids is 1. The lowest BCUT2D eigenvalue weighted by molar-refractivity contribution is 0.0982. The molecule has 0 aromatic carbocycles. The molecule has 4 heteroatoms. The second kappa shape index (κ2) is 4.26. The number of aryl methyl sites for hydroxylation is 1. The van der Waals surface area contributed by atoms with Crippen molar-refractivity contribution in [3.8, 4) is 6.07 Å². The van der Waals surface area contributed by atoms with Gasteiger partial charge in [0.25, 0.3) is 0 Å². The molecule has 0 aliphatic heterocycles. The Morgan fingerprint density at radius 2 is 2.27 bits per heavy atom. The van der Waals surface area contributed by atoms with Crippen LogP contribution in [0.3, 0.4) is 0 Å². The third kappa shape index (κ3) is 1.91. The first-order chi connectivity index (χ1) is 7.33. The fourth-order valence-electron chi connectivity index (χ4n) is 1.97. The third-order valence-electron chi connectivity index (χ3n) is 2.75. The lowest BCUT2D eigenvalue weighted by Crippen LogP contribution is -2.06. The maximum absolute atomic E-state index is 11.7. The molecule has 0 N–H and O–H groups in total. The molecule has 1 aliphatic rings. The third-order valence-corrected chi connectivity index (χ3v) is 2.75. The molecule has 2 rings (SSSR count). The van der Waals surface area contributed by atoms with Gasteiger partial charge in [0.1, 0.15) is 0 Å². The topological polar surface area (TPSA) is 58.7 Å². The van der Waals surface area contributed by atoms with Crippen LogP contribution >= 0.6 is 0 Å². The van der Waals surface area contributed by atoms with E-state index in [1.165, 1.54) is 0 Å². The van der Waals surface area contributed by atoms with Gasteiger partial charge in [0.15, 0.2) is 5.78 Å². The molecule has 78 valence electrons. The minimum atomic E-state index is 0.200. The molecule has 0 saturated heterocycles. The van der Waals surface area contributed by atoms with Gasteiger partial charge in [-0.15, -0.1) is 0 Å². The van der Waals surface area contributed by atoms with Gasteiger partial charge in [-0.05, 0) is 19.3 Å². The highest BCUT2D eigenvalue weighted by molar-refractivity contribution is 5.97. The van der Waals surface area contributed by atoms with Gasteiger partial charge in [-0.3, -0.25) is 9.48 Å². The maximum Gasteiger partial charge on any atom is 0.166 e. The average Bonchev–Trinajstić information content (AvgIpc) is 2.55. The maximum atomic E-state index is 11.7. The van der Waals surface area contributed by atoms with Crippen LogP contribution in [-0.4, -0.2) is 15.6 Å². The zero-order chi connectivity index (χ0) is 10.7. The zero-order valence-electron chi connectivity index (χ0n) is 8.57. The highest BCUT2D eigenvalue weighted by Gasteiger charge is 2.19. The molecule has 1 aromatic heterocycles. The normalized spacial score (nSPS) is 15.5. The highest BCUT2D eigenvalue weighted by Crippen LogP contribution is 2.20. The number of fused-ring (bicyclic) bond motifs is 1. The van der Waals surface area contributed by atoms with E-state index in [0.29, 0.717) is 19.4 Å². The van der Waals surface area contributed by atoms with Crippen molar-refractivity contribution in [1.82, 2.24) is 9.78 Å². The molecule has 0 spiro atoms. The summed E-state index contributed by atoms with van der Waals surface area (Å²) in [5.41, 5.74) is 1.79. The number of ketones is 1. The summed E-state index contributed by atoms with van der Waals surface area (Å²) >= 11 is 0.